The van der Waals surface area contributed by atoms with E-state index in [1.807, 2.05) is 18.5 Å². The van der Waals surface area contributed by atoms with Gasteiger partial charge in [0.2, 0.25) is 10.0 Å². The van der Waals surface area contributed by atoms with Crippen molar-refractivity contribution >= 4 is 21.1 Å². The van der Waals surface area contributed by atoms with Crippen molar-refractivity contribution in [3.8, 4) is 17.3 Å². The molecule has 1 unspecified atom stereocenters. The first kappa shape index (κ1) is 22.1. The number of aromatic nitrogens is 6. The maximum atomic E-state index is 12.8. The van der Waals surface area contributed by atoms with E-state index in [1.165, 1.54) is 16.8 Å². The fourth-order valence-electron chi connectivity index (χ4n) is 4.21. The molecule has 0 spiro atoms. The molecule has 4 aromatic heterocycles. The van der Waals surface area contributed by atoms with Crippen LogP contribution in [0.4, 0.5) is 0 Å². The molecule has 4 aromatic rings. The molecule has 1 saturated heterocycles. The van der Waals surface area contributed by atoms with E-state index in [9.17, 15) is 13.7 Å². The highest BCUT2D eigenvalue weighted by Crippen LogP contribution is 2.26. The number of sulfonamides is 1. The Morgan fingerprint density at radius 1 is 1.15 bits per heavy atom. The third-order valence-electron chi connectivity index (χ3n) is 6.00. The van der Waals surface area contributed by atoms with Gasteiger partial charge >= 0.3 is 0 Å². The van der Waals surface area contributed by atoms with Gasteiger partial charge in [-0.05, 0) is 18.2 Å². The highest BCUT2D eigenvalue weighted by Gasteiger charge is 2.29. The number of nitrogens with one attached hydrogen (secondary N) is 1. The zero-order valence-electron chi connectivity index (χ0n) is 18.3. The molecule has 0 radical (unpaired) electrons. The van der Waals surface area contributed by atoms with E-state index in [-0.39, 0.29) is 10.9 Å². The van der Waals surface area contributed by atoms with E-state index in [4.69, 9.17) is 0 Å². The Kier molecular flexibility index (Phi) is 6.06. The lowest BCUT2D eigenvalue weighted by Crippen LogP contribution is -2.49. The van der Waals surface area contributed by atoms with Crippen LogP contribution >= 0.6 is 0 Å². The van der Waals surface area contributed by atoms with E-state index in [2.05, 4.69) is 36.0 Å². The highest BCUT2D eigenvalue weighted by atomic mass is 32.2. The normalized spacial score (nSPS) is 16.4. The van der Waals surface area contributed by atoms with Gasteiger partial charge in [-0.2, -0.15) is 14.7 Å². The number of H-pyrrole nitrogens is 1. The molecule has 0 saturated carbocycles. The molecule has 1 N–H and O–H groups in total. The van der Waals surface area contributed by atoms with Gasteiger partial charge in [0.25, 0.3) is 0 Å². The maximum Gasteiger partial charge on any atom is 0.244 e. The van der Waals surface area contributed by atoms with Crippen molar-refractivity contribution in [2.75, 3.05) is 32.7 Å². The molecule has 1 aliphatic rings. The van der Waals surface area contributed by atoms with Crippen molar-refractivity contribution < 1.29 is 8.42 Å². The number of piperazine rings is 1. The van der Waals surface area contributed by atoms with Gasteiger partial charge in [0.05, 0.1) is 30.4 Å². The van der Waals surface area contributed by atoms with Crippen molar-refractivity contribution in [3.63, 3.8) is 0 Å². The fraction of sp³-hybridized carbons (Fsp3) is 0.318. The molecule has 0 amide bonds. The average Bonchev–Trinajstić information content (AvgIpc) is 3.55. The minimum Gasteiger partial charge on any atom is -0.346 e. The van der Waals surface area contributed by atoms with E-state index >= 15 is 0 Å². The summed E-state index contributed by atoms with van der Waals surface area (Å²) in [6, 6.07) is 7.20. The van der Waals surface area contributed by atoms with Gasteiger partial charge in [0.1, 0.15) is 16.9 Å². The maximum absolute atomic E-state index is 12.8. The molecule has 0 bridgehead atoms. The number of hydrogen-bond acceptors (Lipinski definition) is 8. The standard InChI is InChI=1S/C22H23N9O2S/c23-5-3-18(31-14-17(12-28-31)21-20-4-7-25-22(20)27-16-26-21)15-29-8-10-30(11-9-29)34(32,33)19-2-1-6-24-13-19/h1-2,4,6-7,12-14,16,18H,3,8-11,15H2,(H,25,26,27). The quantitative estimate of drug-likeness (QED) is 0.424. The Hall–Kier alpha value is -3.66. The molecule has 34 heavy (non-hydrogen) atoms. The Labute approximate surface area is 196 Å². The lowest BCUT2D eigenvalue weighted by Gasteiger charge is -2.35. The van der Waals surface area contributed by atoms with Crippen molar-refractivity contribution in [3.05, 3.63) is 55.5 Å². The van der Waals surface area contributed by atoms with Gasteiger partial charge in [-0.3, -0.25) is 14.6 Å². The van der Waals surface area contributed by atoms with E-state index in [1.54, 1.807) is 29.2 Å². The van der Waals surface area contributed by atoms with Crippen LogP contribution in [0.2, 0.25) is 0 Å². The Balaban J connectivity index is 1.28. The van der Waals surface area contributed by atoms with Gasteiger partial charge in [-0.1, -0.05) is 0 Å². The van der Waals surface area contributed by atoms with Gasteiger partial charge in [0, 0.05) is 68.5 Å². The summed E-state index contributed by atoms with van der Waals surface area (Å²) in [5.74, 6) is 0. The summed E-state index contributed by atoms with van der Waals surface area (Å²) in [4.78, 5) is 18.0. The first-order valence-electron chi connectivity index (χ1n) is 10.9. The molecule has 174 valence electrons. The van der Waals surface area contributed by atoms with Crippen LogP contribution in [-0.4, -0.2) is 80.1 Å². The monoisotopic (exact) mass is 477 g/mol. The molecule has 1 atom stereocenters. The summed E-state index contributed by atoms with van der Waals surface area (Å²) >= 11 is 0. The summed E-state index contributed by atoms with van der Waals surface area (Å²) in [6.07, 6.45) is 10.2. The molecule has 5 heterocycles. The molecule has 1 aliphatic heterocycles. The predicted molar refractivity (Wildman–Crippen MR) is 124 cm³/mol. The number of nitrogens with zero attached hydrogens (tertiary/aromatic N) is 8. The Morgan fingerprint density at radius 3 is 2.76 bits per heavy atom. The summed E-state index contributed by atoms with van der Waals surface area (Å²) < 4.78 is 29.0. The van der Waals surface area contributed by atoms with Crippen molar-refractivity contribution in [2.24, 2.45) is 0 Å². The SMILES string of the molecule is N#CCC(CN1CCN(S(=O)(=O)c2cccnc2)CC1)n1cc(-c2ncnc3[nH]ccc23)cn1. The van der Waals surface area contributed by atoms with E-state index < -0.39 is 10.0 Å². The van der Waals surface area contributed by atoms with Crippen molar-refractivity contribution in [2.45, 2.75) is 17.4 Å². The van der Waals surface area contributed by atoms with Gasteiger partial charge in [0.15, 0.2) is 0 Å². The third-order valence-corrected chi connectivity index (χ3v) is 7.88. The predicted octanol–water partition coefficient (Wildman–Crippen LogP) is 1.68. The largest absolute Gasteiger partial charge is 0.346 e. The van der Waals surface area contributed by atoms with Crippen LogP contribution in [0, 0.1) is 11.3 Å². The second-order valence-electron chi connectivity index (χ2n) is 8.08. The minimum absolute atomic E-state index is 0.163. The van der Waals surface area contributed by atoms with Crippen LogP contribution in [0.25, 0.3) is 22.3 Å². The van der Waals surface area contributed by atoms with Crippen molar-refractivity contribution in [1.29, 1.82) is 5.26 Å². The zero-order valence-corrected chi connectivity index (χ0v) is 19.1. The van der Waals surface area contributed by atoms with Gasteiger partial charge < -0.3 is 4.98 Å². The lowest BCUT2D eigenvalue weighted by atomic mass is 10.1. The number of fused-ring (bicyclic) bond motifs is 1. The molecule has 12 heteroatoms. The van der Waals surface area contributed by atoms with Crippen LogP contribution in [-0.2, 0) is 10.0 Å². The summed E-state index contributed by atoms with van der Waals surface area (Å²) in [5, 5.41) is 14.8. The molecule has 5 rings (SSSR count). The Bertz CT molecular complexity index is 1420. The van der Waals surface area contributed by atoms with Crippen LogP contribution in [0.1, 0.15) is 12.5 Å². The summed E-state index contributed by atoms with van der Waals surface area (Å²) in [6.45, 7) is 2.51. The minimum atomic E-state index is -3.56. The zero-order chi connectivity index (χ0) is 23.5. The molecular weight excluding hydrogens is 454 g/mol. The molecular formula is C22H23N9O2S. The number of nitriles is 1. The first-order valence-corrected chi connectivity index (χ1v) is 12.3. The number of hydrogen-bond donors (Lipinski definition) is 1. The molecule has 0 aliphatic carbocycles. The summed E-state index contributed by atoms with van der Waals surface area (Å²) in [7, 11) is -3.56. The van der Waals surface area contributed by atoms with E-state index in [0.29, 0.717) is 39.1 Å². The van der Waals surface area contributed by atoms with Crippen LogP contribution in [0.15, 0.2) is 60.4 Å². The average molecular weight is 478 g/mol. The lowest BCUT2D eigenvalue weighted by molar-refractivity contribution is 0.163. The molecule has 1 fully saturated rings. The van der Waals surface area contributed by atoms with E-state index in [0.717, 1.165) is 22.3 Å². The second-order valence-corrected chi connectivity index (χ2v) is 10.0. The van der Waals surface area contributed by atoms with Crippen molar-refractivity contribution in [1.82, 2.24) is 38.9 Å². The molecule has 0 aromatic carbocycles. The fourth-order valence-corrected chi connectivity index (χ4v) is 5.60. The highest BCUT2D eigenvalue weighted by molar-refractivity contribution is 7.89. The number of aromatic amines is 1. The topological polar surface area (TPSA) is 137 Å². The van der Waals surface area contributed by atoms with Gasteiger partial charge in [-0.15, -0.1) is 0 Å². The van der Waals surface area contributed by atoms with Gasteiger partial charge in [-0.25, -0.2) is 18.4 Å². The van der Waals surface area contributed by atoms with Crippen LogP contribution in [0.5, 0.6) is 0 Å². The third kappa shape index (κ3) is 4.28. The number of pyridine rings is 1. The second kappa shape index (κ2) is 9.30. The number of rotatable bonds is 7. The molecule has 11 nitrogen and oxygen atoms in total. The Morgan fingerprint density at radius 2 is 2.00 bits per heavy atom. The first-order chi connectivity index (χ1) is 16.6. The smallest absolute Gasteiger partial charge is 0.244 e. The summed E-state index contributed by atoms with van der Waals surface area (Å²) in [5.41, 5.74) is 2.38. The van der Waals surface area contributed by atoms with Crippen LogP contribution in [0.3, 0.4) is 0 Å². The van der Waals surface area contributed by atoms with Crippen LogP contribution < -0.4 is 0 Å².